The van der Waals surface area contributed by atoms with Crippen LogP contribution in [0.1, 0.15) is 29.6 Å². The molecule has 5 rings (SSSR count). The second kappa shape index (κ2) is 6.27. The van der Waals surface area contributed by atoms with Gasteiger partial charge in [-0.25, -0.2) is 0 Å². The van der Waals surface area contributed by atoms with E-state index < -0.39 is 0 Å². The number of nitrogens with zero attached hydrogens (tertiary/aromatic N) is 1. The molecule has 1 aromatic heterocycles. The van der Waals surface area contributed by atoms with E-state index in [-0.39, 0.29) is 11.9 Å². The third-order valence-corrected chi connectivity index (χ3v) is 6.73. The lowest BCUT2D eigenvalue weighted by Gasteiger charge is -2.28. The summed E-state index contributed by atoms with van der Waals surface area (Å²) >= 11 is 1.75. The molecule has 3 aliphatic heterocycles. The monoisotopic (exact) mass is 357 g/mol. The minimum atomic E-state index is 0.0559. The highest BCUT2D eigenvalue weighted by Crippen LogP contribution is 2.34. The van der Waals surface area contributed by atoms with Crippen molar-refractivity contribution < 1.29 is 9.53 Å². The summed E-state index contributed by atoms with van der Waals surface area (Å²) in [5.74, 6) is 0.0559. The number of anilines is 1. The van der Waals surface area contributed by atoms with Crippen molar-refractivity contribution >= 4 is 33.0 Å². The van der Waals surface area contributed by atoms with Gasteiger partial charge in [0.05, 0.1) is 18.9 Å². The molecular weight excluding hydrogens is 334 g/mol. The highest BCUT2D eigenvalue weighted by molar-refractivity contribution is 7.17. The molecule has 0 spiro atoms. The lowest BCUT2D eigenvalue weighted by atomic mass is 9.95. The highest BCUT2D eigenvalue weighted by atomic mass is 32.1. The van der Waals surface area contributed by atoms with Gasteiger partial charge >= 0.3 is 0 Å². The number of amides is 1. The van der Waals surface area contributed by atoms with Crippen LogP contribution in [-0.4, -0.2) is 50.3 Å². The van der Waals surface area contributed by atoms with Gasteiger partial charge < -0.3 is 20.3 Å². The maximum atomic E-state index is 12.8. The van der Waals surface area contributed by atoms with Gasteiger partial charge in [0.25, 0.3) is 5.91 Å². The molecular formula is C19H23N3O2S. The first-order chi connectivity index (χ1) is 12.3. The van der Waals surface area contributed by atoms with E-state index in [0.717, 1.165) is 38.3 Å². The predicted molar refractivity (Wildman–Crippen MR) is 101 cm³/mol. The number of fused-ring (bicyclic) bond motifs is 3. The molecule has 2 bridgehead atoms. The summed E-state index contributed by atoms with van der Waals surface area (Å²) in [6.07, 6.45) is 3.50. The molecule has 6 heteroatoms. The Kier molecular flexibility index (Phi) is 3.91. The Hall–Kier alpha value is -1.63. The summed E-state index contributed by atoms with van der Waals surface area (Å²) in [6.45, 7) is 3.38. The quantitative estimate of drug-likeness (QED) is 0.885. The van der Waals surface area contributed by atoms with Crippen molar-refractivity contribution in [3.05, 3.63) is 29.1 Å². The first kappa shape index (κ1) is 15.6. The second-order valence-electron chi connectivity index (χ2n) is 7.29. The number of morpholine rings is 1. The normalized spacial score (nSPS) is 28.6. The molecule has 0 aliphatic carbocycles. The van der Waals surface area contributed by atoms with Crippen LogP contribution in [0.25, 0.3) is 10.1 Å². The second-order valence-corrected chi connectivity index (χ2v) is 8.21. The average Bonchev–Trinajstić information content (AvgIpc) is 3.37. The van der Waals surface area contributed by atoms with E-state index in [4.69, 9.17) is 4.74 Å². The molecule has 1 aromatic carbocycles. The zero-order chi connectivity index (χ0) is 16.8. The fourth-order valence-electron chi connectivity index (χ4n) is 4.44. The number of carbonyl (C=O) groups is 1. The fourth-order valence-corrected chi connectivity index (χ4v) is 5.39. The Bertz CT molecular complexity index is 799. The van der Waals surface area contributed by atoms with Crippen molar-refractivity contribution in [1.82, 2.24) is 10.6 Å². The van der Waals surface area contributed by atoms with E-state index in [9.17, 15) is 4.79 Å². The summed E-state index contributed by atoms with van der Waals surface area (Å²) in [5.41, 5.74) is 2.00. The van der Waals surface area contributed by atoms with E-state index in [1.807, 2.05) is 6.07 Å². The number of hydrogen-bond donors (Lipinski definition) is 2. The Morgan fingerprint density at radius 3 is 2.92 bits per heavy atom. The van der Waals surface area contributed by atoms with E-state index >= 15 is 0 Å². The number of rotatable bonds is 3. The Morgan fingerprint density at radius 1 is 1.28 bits per heavy atom. The minimum absolute atomic E-state index is 0.0559. The summed E-state index contributed by atoms with van der Waals surface area (Å²) in [7, 11) is 0. The van der Waals surface area contributed by atoms with Crippen LogP contribution < -0.4 is 15.5 Å². The van der Waals surface area contributed by atoms with Crippen molar-refractivity contribution in [2.24, 2.45) is 0 Å². The van der Waals surface area contributed by atoms with E-state index in [1.54, 1.807) is 11.3 Å². The molecule has 5 nitrogen and oxygen atoms in total. The van der Waals surface area contributed by atoms with Crippen LogP contribution in [0.15, 0.2) is 23.6 Å². The molecule has 3 saturated heterocycles. The number of benzene rings is 1. The van der Waals surface area contributed by atoms with E-state index in [1.165, 1.54) is 28.6 Å². The number of ether oxygens (including phenoxy) is 1. The van der Waals surface area contributed by atoms with Crippen molar-refractivity contribution in [2.45, 2.75) is 37.4 Å². The van der Waals surface area contributed by atoms with Gasteiger partial charge in [0.2, 0.25) is 0 Å². The van der Waals surface area contributed by atoms with Gasteiger partial charge in [0, 0.05) is 52.2 Å². The maximum Gasteiger partial charge on any atom is 0.251 e. The highest BCUT2D eigenvalue weighted by Gasteiger charge is 2.39. The van der Waals surface area contributed by atoms with Crippen LogP contribution in [0.4, 0.5) is 5.69 Å². The van der Waals surface area contributed by atoms with Gasteiger partial charge in [0.1, 0.15) is 0 Å². The zero-order valence-electron chi connectivity index (χ0n) is 14.2. The van der Waals surface area contributed by atoms with E-state index in [0.29, 0.717) is 12.1 Å². The lowest BCUT2D eigenvalue weighted by molar-refractivity contribution is 0.0931. The standard InChI is InChI=1S/C19H23N3O2S/c23-19(21-16-10-13-2-3-15(16)20-13)12-1-4-18-14(9-12)17(11-25-18)22-5-7-24-8-6-22/h1,4,9,11,13,15-16,20H,2-3,5-8,10H2,(H,21,23)/t13-,15+,16-/m1/s1. The smallest absolute Gasteiger partial charge is 0.251 e. The van der Waals surface area contributed by atoms with Crippen LogP contribution in [0.5, 0.6) is 0 Å². The van der Waals surface area contributed by atoms with Crippen LogP contribution >= 0.6 is 11.3 Å². The molecule has 3 fully saturated rings. The molecule has 0 saturated carbocycles. The number of thiophene rings is 1. The largest absolute Gasteiger partial charge is 0.378 e. The molecule has 1 amide bonds. The van der Waals surface area contributed by atoms with Crippen molar-refractivity contribution in [3.63, 3.8) is 0 Å². The number of carbonyl (C=O) groups excluding carboxylic acids is 1. The van der Waals surface area contributed by atoms with E-state index in [2.05, 4.69) is 33.0 Å². The Morgan fingerprint density at radius 2 is 2.16 bits per heavy atom. The molecule has 4 heterocycles. The lowest BCUT2D eigenvalue weighted by Crippen LogP contribution is -2.42. The Labute approximate surface area is 151 Å². The van der Waals surface area contributed by atoms with Gasteiger partial charge in [-0.1, -0.05) is 0 Å². The first-order valence-corrected chi connectivity index (χ1v) is 10.1. The van der Waals surface area contributed by atoms with Crippen LogP contribution in [-0.2, 0) is 4.74 Å². The van der Waals surface area contributed by atoms with Crippen molar-refractivity contribution in [2.75, 3.05) is 31.2 Å². The van der Waals surface area contributed by atoms with Crippen LogP contribution in [0.3, 0.4) is 0 Å². The molecule has 3 aliphatic rings. The third-order valence-electron chi connectivity index (χ3n) is 5.78. The van der Waals surface area contributed by atoms with Gasteiger partial charge in [-0.05, 0) is 37.5 Å². The minimum Gasteiger partial charge on any atom is -0.378 e. The van der Waals surface area contributed by atoms with Crippen LogP contribution in [0.2, 0.25) is 0 Å². The molecule has 132 valence electrons. The molecule has 0 radical (unpaired) electrons. The van der Waals surface area contributed by atoms with Crippen molar-refractivity contribution in [3.8, 4) is 0 Å². The van der Waals surface area contributed by atoms with Gasteiger partial charge in [-0.2, -0.15) is 0 Å². The number of hydrogen-bond acceptors (Lipinski definition) is 5. The van der Waals surface area contributed by atoms with Gasteiger partial charge in [-0.15, -0.1) is 11.3 Å². The van der Waals surface area contributed by atoms with Crippen molar-refractivity contribution in [1.29, 1.82) is 0 Å². The number of nitrogens with one attached hydrogen (secondary N) is 2. The summed E-state index contributed by atoms with van der Waals surface area (Å²) < 4.78 is 6.70. The summed E-state index contributed by atoms with van der Waals surface area (Å²) in [5, 5.41) is 10.2. The topological polar surface area (TPSA) is 53.6 Å². The summed E-state index contributed by atoms with van der Waals surface area (Å²) in [6, 6.07) is 7.44. The third kappa shape index (κ3) is 2.82. The zero-order valence-corrected chi connectivity index (χ0v) is 15.0. The predicted octanol–water partition coefficient (Wildman–Crippen LogP) is 2.36. The van der Waals surface area contributed by atoms with Gasteiger partial charge in [-0.3, -0.25) is 4.79 Å². The average molecular weight is 357 g/mol. The van der Waals surface area contributed by atoms with Crippen LogP contribution in [0, 0.1) is 0 Å². The molecule has 25 heavy (non-hydrogen) atoms. The van der Waals surface area contributed by atoms with Gasteiger partial charge in [0.15, 0.2) is 0 Å². The Balaban J connectivity index is 1.38. The SMILES string of the molecule is O=C(N[C@@H]1C[C@H]2CC[C@@H]1N2)c1ccc2scc(N3CCOCC3)c2c1. The summed E-state index contributed by atoms with van der Waals surface area (Å²) in [4.78, 5) is 15.1. The molecule has 0 unspecified atom stereocenters. The molecule has 3 atom stereocenters. The molecule has 2 N–H and O–H groups in total. The fraction of sp³-hybridized carbons (Fsp3) is 0.526. The maximum absolute atomic E-state index is 12.8. The first-order valence-electron chi connectivity index (χ1n) is 9.19. The molecule has 2 aromatic rings.